The maximum absolute atomic E-state index is 11.6. The van der Waals surface area contributed by atoms with Gasteiger partial charge in [-0.15, -0.1) is 24.8 Å². The number of amides is 1. The Labute approximate surface area is 144 Å². The Balaban J connectivity index is 0.00000220. The fourth-order valence-corrected chi connectivity index (χ4v) is 2.26. The van der Waals surface area contributed by atoms with Crippen molar-refractivity contribution in [1.29, 1.82) is 0 Å². The van der Waals surface area contributed by atoms with Gasteiger partial charge < -0.3 is 15.8 Å². The fourth-order valence-electron chi connectivity index (χ4n) is 2.26. The number of nitrogens with zero attached hydrogens (tertiary/aromatic N) is 1. The van der Waals surface area contributed by atoms with Crippen LogP contribution in [-0.2, 0) is 16.1 Å². The van der Waals surface area contributed by atoms with E-state index in [2.05, 4.69) is 22.3 Å². The number of nitrogens with two attached hydrogens (primary N) is 1. The molecular weight excluding hydrogens is 325 g/mol. The van der Waals surface area contributed by atoms with E-state index < -0.39 is 0 Å². The number of nitrogens with one attached hydrogen (secondary N) is 1. The van der Waals surface area contributed by atoms with Gasteiger partial charge in [-0.3, -0.25) is 9.69 Å². The molecule has 1 fully saturated rings. The highest BCUT2D eigenvalue weighted by Crippen LogP contribution is 2.18. The Morgan fingerprint density at radius 1 is 1.32 bits per heavy atom. The number of hydrogen-bond acceptors (Lipinski definition) is 4. The number of morpholine rings is 1. The second-order valence-corrected chi connectivity index (χ2v) is 5.12. The van der Waals surface area contributed by atoms with Crippen LogP contribution in [-0.4, -0.2) is 43.7 Å². The van der Waals surface area contributed by atoms with E-state index in [1.54, 1.807) is 0 Å². The van der Waals surface area contributed by atoms with Crippen LogP contribution in [0, 0.1) is 6.92 Å². The first-order valence-corrected chi connectivity index (χ1v) is 7.08. The van der Waals surface area contributed by atoms with Crippen molar-refractivity contribution in [3.63, 3.8) is 0 Å². The van der Waals surface area contributed by atoms with Gasteiger partial charge in [0.25, 0.3) is 0 Å². The van der Waals surface area contributed by atoms with E-state index in [9.17, 15) is 4.79 Å². The number of aryl methyl sites for hydroxylation is 1. The first kappa shape index (κ1) is 21.1. The van der Waals surface area contributed by atoms with Crippen molar-refractivity contribution < 1.29 is 9.53 Å². The van der Waals surface area contributed by atoms with Crippen molar-refractivity contribution in [2.75, 3.05) is 38.2 Å². The van der Waals surface area contributed by atoms with Crippen molar-refractivity contribution in [3.8, 4) is 0 Å². The van der Waals surface area contributed by atoms with Crippen LogP contribution < -0.4 is 11.1 Å². The van der Waals surface area contributed by atoms with Crippen LogP contribution >= 0.6 is 24.8 Å². The molecule has 5 nitrogen and oxygen atoms in total. The Kier molecular flexibility index (Phi) is 10.4. The Bertz CT molecular complexity index is 466. The van der Waals surface area contributed by atoms with E-state index in [0.29, 0.717) is 13.0 Å². The molecule has 7 heteroatoms. The van der Waals surface area contributed by atoms with Gasteiger partial charge >= 0.3 is 0 Å². The van der Waals surface area contributed by atoms with Crippen molar-refractivity contribution >= 4 is 36.4 Å². The van der Waals surface area contributed by atoms with Gasteiger partial charge in [0.2, 0.25) is 5.91 Å². The molecule has 0 aliphatic carbocycles. The summed E-state index contributed by atoms with van der Waals surface area (Å²) < 4.78 is 5.35. The summed E-state index contributed by atoms with van der Waals surface area (Å²) in [7, 11) is 0. The molecule has 0 spiro atoms. The number of ether oxygens (including phenoxy) is 1. The highest BCUT2D eigenvalue weighted by Gasteiger charge is 2.12. The number of carbonyl (C=O) groups is 1. The smallest absolute Gasteiger partial charge is 0.225 e. The molecule has 0 atom stereocenters. The van der Waals surface area contributed by atoms with Gasteiger partial charge in [0.1, 0.15) is 0 Å². The van der Waals surface area contributed by atoms with Gasteiger partial charge in [-0.2, -0.15) is 0 Å². The van der Waals surface area contributed by atoms with Crippen molar-refractivity contribution in [1.82, 2.24) is 4.90 Å². The van der Waals surface area contributed by atoms with E-state index in [1.807, 2.05) is 13.0 Å². The monoisotopic (exact) mass is 349 g/mol. The number of benzene rings is 1. The van der Waals surface area contributed by atoms with Gasteiger partial charge in [-0.05, 0) is 24.1 Å². The average Bonchev–Trinajstić information content (AvgIpc) is 2.44. The van der Waals surface area contributed by atoms with Gasteiger partial charge in [0, 0.05) is 38.3 Å². The SMILES string of the molecule is Cc1ccc(CN2CCOCC2)cc1NC(=O)CCN.Cl.Cl. The molecule has 0 saturated carbocycles. The Hall–Kier alpha value is -0.850. The predicted octanol–water partition coefficient (Wildman–Crippen LogP) is 1.96. The minimum atomic E-state index is -0.0286. The van der Waals surface area contributed by atoms with Crippen molar-refractivity contribution in [2.24, 2.45) is 5.73 Å². The van der Waals surface area contributed by atoms with Crippen LogP contribution in [0.2, 0.25) is 0 Å². The van der Waals surface area contributed by atoms with Gasteiger partial charge in [-0.25, -0.2) is 0 Å². The lowest BCUT2D eigenvalue weighted by molar-refractivity contribution is -0.116. The third-order valence-corrected chi connectivity index (χ3v) is 3.46. The zero-order valence-electron chi connectivity index (χ0n) is 12.8. The van der Waals surface area contributed by atoms with E-state index in [-0.39, 0.29) is 30.7 Å². The minimum Gasteiger partial charge on any atom is -0.379 e. The number of halogens is 2. The molecule has 0 unspecified atom stereocenters. The van der Waals surface area contributed by atoms with Crippen molar-refractivity contribution in [2.45, 2.75) is 19.9 Å². The first-order valence-electron chi connectivity index (χ1n) is 7.08. The van der Waals surface area contributed by atoms with Crippen LogP contribution in [0.1, 0.15) is 17.5 Å². The molecule has 2 rings (SSSR count). The summed E-state index contributed by atoms with van der Waals surface area (Å²) in [5, 5.41) is 2.93. The quantitative estimate of drug-likeness (QED) is 0.852. The van der Waals surface area contributed by atoms with Crippen LogP contribution in [0.25, 0.3) is 0 Å². The summed E-state index contributed by atoms with van der Waals surface area (Å²) in [5.74, 6) is -0.0286. The third kappa shape index (κ3) is 6.50. The second-order valence-electron chi connectivity index (χ2n) is 5.12. The molecule has 1 saturated heterocycles. The molecule has 1 amide bonds. The second kappa shape index (κ2) is 10.8. The number of anilines is 1. The molecule has 22 heavy (non-hydrogen) atoms. The normalized spacial score (nSPS) is 14.6. The maximum atomic E-state index is 11.6. The molecule has 3 N–H and O–H groups in total. The molecule has 1 heterocycles. The molecule has 1 aliphatic rings. The van der Waals surface area contributed by atoms with Gasteiger partial charge in [0.05, 0.1) is 13.2 Å². The standard InChI is InChI=1S/C15H23N3O2.2ClH/c1-12-2-3-13(11-18-6-8-20-9-7-18)10-14(12)17-15(19)4-5-16;;/h2-3,10H,4-9,11,16H2,1H3,(H,17,19);2*1H. The summed E-state index contributed by atoms with van der Waals surface area (Å²) in [4.78, 5) is 14.0. The average molecular weight is 350 g/mol. The first-order chi connectivity index (χ1) is 9.69. The summed E-state index contributed by atoms with van der Waals surface area (Å²) >= 11 is 0. The predicted molar refractivity (Wildman–Crippen MR) is 94.1 cm³/mol. The lowest BCUT2D eigenvalue weighted by Crippen LogP contribution is -2.35. The lowest BCUT2D eigenvalue weighted by atomic mass is 10.1. The highest BCUT2D eigenvalue weighted by molar-refractivity contribution is 5.91. The van der Waals surface area contributed by atoms with E-state index in [0.717, 1.165) is 44.1 Å². The van der Waals surface area contributed by atoms with Crippen LogP contribution in [0.4, 0.5) is 5.69 Å². The largest absolute Gasteiger partial charge is 0.379 e. The van der Waals surface area contributed by atoms with E-state index in [4.69, 9.17) is 10.5 Å². The zero-order chi connectivity index (χ0) is 14.4. The van der Waals surface area contributed by atoms with Crippen LogP contribution in [0.15, 0.2) is 18.2 Å². The molecular formula is C15H25Cl2N3O2. The highest BCUT2D eigenvalue weighted by atomic mass is 35.5. The van der Waals surface area contributed by atoms with Crippen LogP contribution in [0.5, 0.6) is 0 Å². The number of rotatable bonds is 5. The molecule has 1 aromatic carbocycles. The fraction of sp³-hybridized carbons (Fsp3) is 0.533. The summed E-state index contributed by atoms with van der Waals surface area (Å²) in [6.07, 6.45) is 0.354. The zero-order valence-corrected chi connectivity index (χ0v) is 14.5. The van der Waals surface area contributed by atoms with Crippen LogP contribution in [0.3, 0.4) is 0 Å². The Morgan fingerprint density at radius 2 is 2.00 bits per heavy atom. The maximum Gasteiger partial charge on any atom is 0.225 e. The van der Waals surface area contributed by atoms with Gasteiger partial charge in [0.15, 0.2) is 0 Å². The van der Waals surface area contributed by atoms with Gasteiger partial charge in [-0.1, -0.05) is 12.1 Å². The summed E-state index contributed by atoms with van der Waals surface area (Å²) in [6, 6.07) is 6.22. The molecule has 126 valence electrons. The summed E-state index contributed by atoms with van der Waals surface area (Å²) in [5.41, 5.74) is 8.56. The molecule has 0 aromatic heterocycles. The minimum absolute atomic E-state index is 0. The number of carbonyl (C=O) groups excluding carboxylic acids is 1. The molecule has 0 radical (unpaired) electrons. The van der Waals surface area contributed by atoms with E-state index in [1.165, 1.54) is 5.56 Å². The topological polar surface area (TPSA) is 67.6 Å². The lowest BCUT2D eigenvalue weighted by Gasteiger charge is -2.26. The molecule has 1 aliphatic heterocycles. The Morgan fingerprint density at radius 3 is 2.64 bits per heavy atom. The number of hydrogen-bond donors (Lipinski definition) is 2. The summed E-state index contributed by atoms with van der Waals surface area (Å²) in [6.45, 7) is 6.78. The third-order valence-electron chi connectivity index (χ3n) is 3.46. The van der Waals surface area contributed by atoms with Crippen molar-refractivity contribution in [3.05, 3.63) is 29.3 Å². The molecule has 0 bridgehead atoms. The van der Waals surface area contributed by atoms with E-state index >= 15 is 0 Å². The molecule has 1 aromatic rings.